The summed E-state index contributed by atoms with van der Waals surface area (Å²) in [5, 5.41) is 6.83. The summed E-state index contributed by atoms with van der Waals surface area (Å²) in [5.41, 5.74) is 5.34. The Balaban J connectivity index is 2.81. The van der Waals surface area contributed by atoms with Gasteiger partial charge in [-0.25, -0.2) is 4.68 Å². The highest BCUT2D eigenvalue weighted by Crippen LogP contribution is 1.95. The molecule has 0 atom stereocenters. The Morgan fingerprint density at radius 1 is 1.70 bits per heavy atom. The zero-order valence-corrected chi connectivity index (χ0v) is 6.13. The van der Waals surface area contributed by atoms with Gasteiger partial charge in [0.05, 0.1) is 6.54 Å². The second-order valence-electron chi connectivity index (χ2n) is 2.04. The van der Waals surface area contributed by atoms with Gasteiger partial charge in [-0.3, -0.25) is 0 Å². The molecule has 1 aromatic heterocycles. The van der Waals surface area contributed by atoms with Crippen LogP contribution in [0.2, 0.25) is 0 Å². The normalized spacial score (nSPS) is 10.2. The SMILES string of the molecule is CNCc1nc(N)nn1C. The maximum atomic E-state index is 5.34. The molecule has 1 aromatic rings. The molecule has 0 fully saturated rings. The van der Waals surface area contributed by atoms with E-state index in [4.69, 9.17) is 5.73 Å². The van der Waals surface area contributed by atoms with Crippen LogP contribution in [0.4, 0.5) is 5.95 Å². The Hall–Kier alpha value is -1.10. The first-order valence-corrected chi connectivity index (χ1v) is 3.04. The van der Waals surface area contributed by atoms with Crippen molar-refractivity contribution in [2.45, 2.75) is 6.54 Å². The zero-order valence-electron chi connectivity index (χ0n) is 6.13. The van der Waals surface area contributed by atoms with Crippen LogP contribution in [-0.4, -0.2) is 21.8 Å². The third kappa shape index (κ3) is 1.24. The fourth-order valence-electron chi connectivity index (χ4n) is 0.750. The van der Waals surface area contributed by atoms with Gasteiger partial charge in [-0.2, -0.15) is 4.98 Å². The molecule has 0 saturated heterocycles. The molecule has 10 heavy (non-hydrogen) atoms. The van der Waals surface area contributed by atoms with Crippen molar-refractivity contribution in [1.29, 1.82) is 0 Å². The molecular weight excluding hydrogens is 130 g/mol. The van der Waals surface area contributed by atoms with Crippen molar-refractivity contribution in [3.05, 3.63) is 5.82 Å². The summed E-state index contributed by atoms with van der Waals surface area (Å²) in [6, 6.07) is 0. The number of nitrogen functional groups attached to an aromatic ring is 1. The molecule has 3 N–H and O–H groups in total. The van der Waals surface area contributed by atoms with Gasteiger partial charge in [0.25, 0.3) is 0 Å². The third-order valence-electron chi connectivity index (χ3n) is 1.20. The average Bonchev–Trinajstić information content (AvgIpc) is 2.13. The Morgan fingerprint density at radius 2 is 2.40 bits per heavy atom. The van der Waals surface area contributed by atoms with E-state index in [-0.39, 0.29) is 0 Å². The average molecular weight is 141 g/mol. The van der Waals surface area contributed by atoms with Gasteiger partial charge in [0, 0.05) is 7.05 Å². The topological polar surface area (TPSA) is 68.8 Å². The van der Waals surface area contributed by atoms with Gasteiger partial charge in [-0.1, -0.05) is 0 Å². The molecule has 1 rings (SSSR count). The second-order valence-corrected chi connectivity index (χ2v) is 2.04. The molecule has 1 heterocycles. The first-order valence-electron chi connectivity index (χ1n) is 3.04. The summed E-state index contributed by atoms with van der Waals surface area (Å²) in [6.07, 6.45) is 0. The minimum Gasteiger partial charge on any atom is -0.366 e. The van der Waals surface area contributed by atoms with Crippen LogP contribution in [0, 0.1) is 0 Å². The molecule has 0 bridgehead atoms. The van der Waals surface area contributed by atoms with E-state index in [1.807, 2.05) is 14.1 Å². The van der Waals surface area contributed by atoms with Crippen LogP contribution in [0.25, 0.3) is 0 Å². The lowest BCUT2D eigenvalue weighted by Gasteiger charge is -1.95. The molecule has 0 aliphatic carbocycles. The lowest BCUT2D eigenvalue weighted by Crippen LogP contribution is -2.10. The number of rotatable bonds is 2. The van der Waals surface area contributed by atoms with E-state index in [2.05, 4.69) is 15.4 Å². The Kier molecular flexibility index (Phi) is 1.86. The lowest BCUT2D eigenvalue weighted by atomic mass is 10.6. The van der Waals surface area contributed by atoms with Crippen LogP contribution in [0.1, 0.15) is 5.82 Å². The molecule has 0 radical (unpaired) electrons. The molecule has 0 aromatic carbocycles. The standard InChI is InChI=1S/C5H11N5/c1-7-3-4-8-5(6)9-10(4)2/h7H,3H2,1-2H3,(H2,6,9). The number of nitrogens with zero attached hydrogens (tertiary/aromatic N) is 3. The number of nitrogens with two attached hydrogens (primary N) is 1. The molecule has 5 heteroatoms. The van der Waals surface area contributed by atoms with Gasteiger partial charge >= 0.3 is 0 Å². The van der Waals surface area contributed by atoms with Crippen molar-refractivity contribution in [3.63, 3.8) is 0 Å². The van der Waals surface area contributed by atoms with E-state index in [0.717, 1.165) is 5.82 Å². The van der Waals surface area contributed by atoms with Gasteiger partial charge in [0.15, 0.2) is 0 Å². The van der Waals surface area contributed by atoms with Crippen LogP contribution in [0.3, 0.4) is 0 Å². The van der Waals surface area contributed by atoms with Crippen LogP contribution in [0.15, 0.2) is 0 Å². The van der Waals surface area contributed by atoms with E-state index in [1.54, 1.807) is 4.68 Å². The van der Waals surface area contributed by atoms with E-state index in [9.17, 15) is 0 Å². The molecule has 0 aliphatic rings. The highest BCUT2D eigenvalue weighted by molar-refractivity contribution is 5.13. The van der Waals surface area contributed by atoms with E-state index in [0.29, 0.717) is 12.5 Å². The first-order chi connectivity index (χ1) is 4.74. The number of aromatic nitrogens is 3. The van der Waals surface area contributed by atoms with Crippen LogP contribution < -0.4 is 11.1 Å². The third-order valence-corrected chi connectivity index (χ3v) is 1.20. The molecule has 0 saturated carbocycles. The number of hydrogen-bond donors (Lipinski definition) is 2. The fourth-order valence-corrected chi connectivity index (χ4v) is 0.750. The number of aryl methyl sites for hydroxylation is 1. The number of anilines is 1. The van der Waals surface area contributed by atoms with Crippen molar-refractivity contribution in [1.82, 2.24) is 20.1 Å². The Bertz CT molecular complexity index is 216. The van der Waals surface area contributed by atoms with Crippen molar-refractivity contribution < 1.29 is 0 Å². The summed E-state index contributed by atoms with van der Waals surface area (Å²) in [6.45, 7) is 0.695. The lowest BCUT2D eigenvalue weighted by molar-refractivity contribution is 0.660. The first kappa shape index (κ1) is 7.01. The zero-order chi connectivity index (χ0) is 7.56. The van der Waals surface area contributed by atoms with Crippen LogP contribution in [-0.2, 0) is 13.6 Å². The highest BCUT2D eigenvalue weighted by Gasteiger charge is 2.00. The van der Waals surface area contributed by atoms with Crippen molar-refractivity contribution in [2.75, 3.05) is 12.8 Å². The summed E-state index contributed by atoms with van der Waals surface area (Å²) in [5.74, 6) is 1.17. The van der Waals surface area contributed by atoms with E-state index < -0.39 is 0 Å². The minimum atomic E-state index is 0.327. The summed E-state index contributed by atoms with van der Waals surface area (Å²) < 4.78 is 1.66. The van der Waals surface area contributed by atoms with E-state index in [1.165, 1.54) is 0 Å². The highest BCUT2D eigenvalue weighted by atomic mass is 15.4. The summed E-state index contributed by atoms with van der Waals surface area (Å²) in [4.78, 5) is 3.97. The Labute approximate surface area is 59.2 Å². The number of nitrogens with one attached hydrogen (secondary N) is 1. The van der Waals surface area contributed by atoms with Gasteiger partial charge in [0.1, 0.15) is 5.82 Å². The van der Waals surface area contributed by atoms with Crippen molar-refractivity contribution in [2.24, 2.45) is 7.05 Å². The maximum absolute atomic E-state index is 5.34. The van der Waals surface area contributed by atoms with Gasteiger partial charge in [-0.05, 0) is 7.05 Å². The van der Waals surface area contributed by atoms with E-state index >= 15 is 0 Å². The molecular formula is C5H11N5. The molecule has 5 nitrogen and oxygen atoms in total. The van der Waals surface area contributed by atoms with Crippen molar-refractivity contribution in [3.8, 4) is 0 Å². The Morgan fingerprint density at radius 3 is 2.80 bits per heavy atom. The van der Waals surface area contributed by atoms with Crippen LogP contribution in [0.5, 0.6) is 0 Å². The molecule has 0 amide bonds. The predicted molar refractivity (Wildman–Crippen MR) is 38.2 cm³/mol. The molecule has 0 unspecified atom stereocenters. The predicted octanol–water partition coefficient (Wildman–Crippen LogP) is -0.883. The molecule has 56 valence electrons. The minimum absolute atomic E-state index is 0.327. The molecule has 0 aliphatic heterocycles. The number of hydrogen-bond acceptors (Lipinski definition) is 4. The van der Waals surface area contributed by atoms with Crippen molar-refractivity contribution >= 4 is 5.95 Å². The monoisotopic (exact) mass is 141 g/mol. The maximum Gasteiger partial charge on any atom is 0.239 e. The fraction of sp³-hybridized carbons (Fsp3) is 0.600. The van der Waals surface area contributed by atoms with Gasteiger partial charge in [0.2, 0.25) is 5.95 Å². The summed E-state index contributed by atoms with van der Waals surface area (Å²) >= 11 is 0. The quantitative estimate of drug-likeness (QED) is 0.561. The summed E-state index contributed by atoms with van der Waals surface area (Å²) in [7, 11) is 3.67. The largest absolute Gasteiger partial charge is 0.366 e. The molecule has 0 spiro atoms. The van der Waals surface area contributed by atoms with Gasteiger partial charge in [-0.15, -0.1) is 5.10 Å². The van der Waals surface area contributed by atoms with Crippen LogP contribution >= 0.6 is 0 Å². The van der Waals surface area contributed by atoms with Gasteiger partial charge < -0.3 is 11.1 Å². The second kappa shape index (κ2) is 2.66. The smallest absolute Gasteiger partial charge is 0.239 e.